The zero-order valence-electron chi connectivity index (χ0n) is 14.3. The number of methoxy groups -OCH3 is 1. The Labute approximate surface area is 160 Å². The SMILES string of the molecule is COc1ccc(NC(=O)C(=O)C2C(=O)Nc3ccccc3S2=O)c([N+](=O)[O-])c1. The van der Waals surface area contributed by atoms with Crippen LogP contribution in [0.25, 0.3) is 0 Å². The number of hydrogen-bond acceptors (Lipinski definition) is 7. The molecule has 2 atom stereocenters. The van der Waals surface area contributed by atoms with E-state index in [0.29, 0.717) is 5.69 Å². The first-order valence-electron chi connectivity index (χ1n) is 7.81. The summed E-state index contributed by atoms with van der Waals surface area (Å²) in [6.45, 7) is 0. The first-order chi connectivity index (χ1) is 13.3. The van der Waals surface area contributed by atoms with Crippen LogP contribution in [0.1, 0.15) is 0 Å². The second-order valence-corrected chi connectivity index (χ2v) is 7.13. The Kier molecular flexibility index (Phi) is 5.18. The third-order valence-electron chi connectivity index (χ3n) is 3.93. The minimum Gasteiger partial charge on any atom is -0.496 e. The van der Waals surface area contributed by atoms with Crippen LogP contribution in [0, 0.1) is 10.1 Å². The molecule has 3 rings (SSSR count). The van der Waals surface area contributed by atoms with Gasteiger partial charge in [-0.3, -0.25) is 28.7 Å². The molecule has 0 spiro atoms. The van der Waals surface area contributed by atoms with Crippen molar-refractivity contribution >= 4 is 45.5 Å². The van der Waals surface area contributed by atoms with E-state index in [2.05, 4.69) is 10.6 Å². The van der Waals surface area contributed by atoms with Crippen molar-refractivity contribution in [3.63, 3.8) is 0 Å². The van der Waals surface area contributed by atoms with Gasteiger partial charge in [0.2, 0.25) is 11.7 Å². The molecule has 144 valence electrons. The molecule has 1 heterocycles. The van der Waals surface area contributed by atoms with E-state index in [0.717, 1.165) is 6.07 Å². The van der Waals surface area contributed by atoms with E-state index in [4.69, 9.17) is 4.74 Å². The number of fused-ring (bicyclic) bond motifs is 1. The highest BCUT2D eigenvalue weighted by atomic mass is 32.2. The minimum absolute atomic E-state index is 0.181. The van der Waals surface area contributed by atoms with Gasteiger partial charge in [-0.05, 0) is 24.3 Å². The number of ketones is 1. The molecule has 2 N–H and O–H groups in total. The fraction of sp³-hybridized carbons (Fsp3) is 0.118. The maximum Gasteiger partial charge on any atom is 0.296 e. The Balaban J connectivity index is 1.86. The van der Waals surface area contributed by atoms with E-state index in [1.54, 1.807) is 12.1 Å². The number of anilines is 2. The summed E-state index contributed by atoms with van der Waals surface area (Å²) in [5.41, 5.74) is -0.465. The molecule has 2 aromatic rings. The van der Waals surface area contributed by atoms with Crippen LogP contribution in [-0.2, 0) is 25.2 Å². The topological polar surface area (TPSA) is 145 Å². The maximum atomic E-state index is 12.6. The van der Waals surface area contributed by atoms with Crippen LogP contribution >= 0.6 is 0 Å². The largest absolute Gasteiger partial charge is 0.496 e. The first kappa shape index (κ1) is 19.2. The molecule has 0 radical (unpaired) electrons. The minimum atomic E-state index is -2.09. The lowest BCUT2D eigenvalue weighted by Gasteiger charge is -2.22. The van der Waals surface area contributed by atoms with E-state index < -0.39 is 44.3 Å². The van der Waals surface area contributed by atoms with Crippen LogP contribution in [0.15, 0.2) is 47.4 Å². The number of carbonyl (C=O) groups is 3. The van der Waals surface area contributed by atoms with Crippen molar-refractivity contribution < 1.29 is 28.3 Å². The number of hydrogen-bond donors (Lipinski definition) is 2. The molecule has 0 bridgehead atoms. The van der Waals surface area contributed by atoms with Crippen molar-refractivity contribution in [3.8, 4) is 5.75 Å². The summed E-state index contributed by atoms with van der Waals surface area (Å²) in [5.74, 6) is -3.27. The van der Waals surface area contributed by atoms with E-state index in [-0.39, 0.29) is 16.3 Å². The third-order valence-corrected chi connectivity index (χ3v) is 5.57. The lowest BCUT2D eigenvalue weighted by Crippen LogP contribution is -2.46. The van der Waals surface area contributed by atoms with Crippen molar-refractivity contribution in [2.45, 2.75) is 10.1 Å². The van der Waals surface area contributed by atoms with E-state index in [9.17, 15) is 28.7 Å². The Bertz CT molecular complexity index is 1040. The number of nitrogens with one attached hydrogen (secondary N) is 2. The Morgan fingerprint density at radius 3 is 2.64 bits per heavy atom. The van der Waals surface area contributed by atoms with Gasteiger partial charge >= 0.3 is 0 Å². The fourth-order valence-electron chi connectivity index (χ4n) is 2.58. The molecule has 0 fully saturated rings. The normalized spacial score (nSPS) is 17.8. The zero-order valence-corrected chi connectivity index (χ0v) is 15.1. The molecule has 0 aliphatic carbocycles. The number of nitro benzene ring substituents is 1. The van der Waals surface area contributed by atoms with E-state index in [1.807, 2.05) is 0 Å². The van der Waals surface area contributed by atoms with Gasteiger partial charge in [0.25, 0.3) is 11.6 Å². The summed E-state index contributed by atoms with van der Waals surface area (Å²) in [5, 5.41) is 14.0. The molecule has 2 unspecified atom stereocenters. The summed E-state index contributed by atoms with van der Waals surface area (Å²) >= 11 is 0. The molecule has 1 aliphatic heterocycles. The summed E-state index contributed by atoms with van der Waals surface area (Å²) < 4.78 is 17.5. The number of nitrogens with zero attached hydrogens (tertiary/aromatic N) is 1. The van der Waals surface area contributed by atoms with Gasteiger partial charge in [-0.15, -0.1) is 0 Å². The molecule has 11 heteroatoms. The van der Waals surface area contributed by atoms with Gasteiger partial charge in [0, 0.05) is 0 Å². The average molecular weight is 403 g/mol. The Hall–Kier alpha value is -3.60. The number of nitro groups is 1. The number of amides is 2. The molecule has 0 aromatic heterocycles. The molecular weight excluding hydrogens is 390 g/mol. The first-order valence-corrected chi connectivity index (χ1v) is 9.03. The number of rotatable bonds is 5. The zero-order chi connectivity index (χ0) is 20.4. The van der Waals surface area contributed by atoms with Crippen LogP contribution < -0.4 is 15.4 Å². The van der Waals surface area contributed by atoms with Crippen LogP contribution in [0.2, 0.25) is 0 Å². The van der Waals surface area contributed by atoms with E-state index >= 15 is 0 Å². The molecule has 0 saturated heterocycles. The van der Waals surface area contributed by atoms with Crippen LogP contribution in [-0.4, -0.2) is 39.1 Å². The number of Topliss-reactive ketones (excluding diaryl/α,β-unsaturated/α-hetero) is 1. The predicted octanol–water partition coefficient (Wildman–Crippen LogP) is 1.24. The van der Waals surface area contributed by atoms with Crippen molar-refractivity contribution in [2.75, 3.05) is 17.7 Å². The molecular formula is C17H13N3O7S. The number of para-hydroxylation sites is 1. The van der Waals surface area contributed by atoms with Gasteiger partial charge in [-0.1, -0.05) is 12.1 Å². The van der Waals surface area contributed by atoms with E-state index in [1.165, 1.54) is 31.4 Å². The van der Waals surface area contributed by atoms with Gasteiger partial charge < -0.3 is 15.4 Å². The monoisotopic (exact) mass is 403 g/mol. The molecule has 28 heavy (non-hydrogen) atoms. The van der Waals surface area contributed by atoms with Gasteiger partial charge in [-0.2, -0.15) is 0 Å². The smallest absolute Gasteiger partial charge is 0.296 e. The Morgan fingerprint density at radius 1 is 1.25 bits per heavy atom. The molecule has 2 amide bonds. The van der Waals surface area contributed by atoms with Crippen molar-refractivity contribution in [2.24, 2.45) is 0 Å². The molecule has 10 nitrogen and oxygen atoms in total. The lowest BCUT2D eigenvalue weighted by molar-refractivity contribution is -0.384. The predicted molar refractivity (Wildman–Crippen MR) is 98.6 cm³/mol. The summed E-state index contributed by atoms with van der Waals surface area (Å²) in [6.07, 6.45) is 0. The number of benzene rings is 2. The van der Waals surface area contributed by atoms with Crippen molar-refractivity contribution in [1.29, 1.82) is 0 Å². The highest BCUT2D eigenvalue weighted by Gasteiger charge is 2.42. The molecule has 0 saturated carbocycles. The van der Waals surface area contributed by atoms with Crippen LogP contribution in [0.3, 0.4) is 0 Å². The van der Waals surface area contributed by atoms with Gasteiger partial charge in [0.1, 0.15) is 11.4 Å². The van der Waals surface area contributed by atoms with Gasteiger partial charge in [-0.25, -0.2) is 0 Å². The standard InChI is InChI=1S/C17H13N3O7S/c1-27-9-6-7-10(12(8-9)20(24)25)18-16(22)14(21)15-17(23)19-11-4-2-3-5-13(11)28(15)26/h2-8,15H,1H3,(H,18,22)(H,19,23). The van der Waals surface area contributed by atoms with Gasteiger partial charge in [0.15, 0.2) is 5.25 Å². The van der Waals surface area contributed by atoms with Gasteiger partial charge in [0.05, 0.1) is 39.5 Å². The quantitative estimate of drug-likeness (QED) is 0.331. The van der Waals surface area contributed by atoms with Crippen LogP contribution in [0.4, 0.5) is 17.1 Å². The highest BCUT2D eigenvalue weighted by molar-refractivity contribution is 7.87. The Morgan fingerprint density at radius 2 is 1.96 bits per heavy atom. The fourth-order valence-corrected chi connectivity index (χ4v) is 3.94. The van der Waals surface area contributed by atoms with Crippen molar-refractivity contribution in [1.82, 2.24) is 0 Å². The van der Waals surface area contributed by atoms with Crippen molar-refractivity contribution in [3.05, 3.63) is 52.6 Å². The summed E-state index contributed by atoms with van der Waals surface area (Å²) in [4.78, 5) is 47.6. The van der Waals surface area contributed by atoms with Crippen LogP contribution in [0.5, 0.6) is 5.75 Å². The number of carbonyl (C=O) groups excluding carboxylic acids is 3. The maximum absolute atomic E-state index is 12.6. The second-order valence-electron chi connectivity index (χ2n) is 5.62. The second kappa shape index (κ2) is 7.56. The summed E-state index contributed by atoms with van der Waals surface area (Å²) in [7, 11) is -0.772. The lowest BCUT2D eigenvalue weighted by atomic mass is 10.2. The molecule has 1 aliphatic rings. The third kappa shape index (κ3) is 3.47. The number of ether oxygens (including phenoxy) is 1. The summed E-state index contributed by atoms with van der Waals surface area (Å²) in [6, 6.07) is 9.81. The average Bonchev–Trinajstić information content (AvgIpc) is 2.67. The molecule has 2 aromatic carbocycles. The highest BCUT2D eigenvalue weighted by Crippen LogP contribution is 2.30.